The second-order valence-corrected chi connectivity index (χ2v) is 5.45. The fraction of sp³-hybridized carbons (Fsp3) is 0.533. The fourth-order valence-corrected chi connectivity index (χ4v) is 2.60. The third-order valence-corrected chi connectivity index (χ3v) is 3.66. The lowest BCUT2D eigenvalue weighted by atomic mass is 9.88. The summed E-state index contributed by atoms with van der Waals surface area (Å²) in [7, 11) is 0. The second kappa shape index (κ2) is 5.72. The standard InChI is InChI=1S/C15H22N2O2/c1-2-8-15(19)10-17(11-15)14(18)9-13(16)12-6-4-3-5-7-12/h3-7,13,19H,2,8-11,16H2,1H3. The number of likely N-dealkylation sites (tertiary alicyclic amines) is 1. The molecule has 1 aromatic rings. The predicted octanol–water partition coefficient (Wildman–Crippen LogP) is 1.45. The van der Waals surface area contributed by atoms with Crippen LogP contribution in [0.3, 0.4) is 0 Å². The Labute approximate surface area is 114 Å². The lowest BCUT2D eigenvalue weighted by Crippen LogP contribution is -2.63. The molecule has 1 saturated heterocycles. The molecule has 1 unspecified atom stereocenters. The van der Waals surface area contributed by atoms with Gasteiger partial charge in [0.2, 0.25) is 5.91 Å². The van der Waals surface area contributed by atoms with Crippen molar-refractivity contribution in [2.75, 3.05) is 13.1 Å². The Balaban J connectivity index is 1.83. The van der Waals surface area contributed by atoms with E-state index in [1.165, 1.54) is 0 Å². The summed E-state index contributed by atoms with van der Waals surface area (Å²) < 4.78 is 0. The Morgan fingerprint density at radius 1 is 1.42 bits per heavy atom. The number of hydrogen-bond acceptors (Lipinski definition) is 3. The first-order valence-electron chi connectivity index (χ1n) is 6.85. The van der Waals surface area contributed by atoms with E-state index in [0.29, 0.717) is 19.5 Å². The van der Waals surface area contributed by atoms with Gasteiger partial charge in [-0.1, -0.05) is 43.7 Å². The lowest BCUT2D eigenvalue weighted by molar-refractivity contribution is -0.156. The molecule has 1 aromatic carbocycles. The number of rotatable bonds is 5. The molecular formula is C15H22N2O2. The topological polar surface area (TPSA) is 66.6 Å². The molecule has 3 N–H and O–H groups in total. The lowest BCUT2D eigenvalue weighted by Gasteiger charge is -2.46. The van der Waals surface area contributed by atoms with Gasteiger partial charge in [0.25, 0.3) is 0 Å². The van der Waals surface area contributed by atoms with Gasteiger partial charge < -0.3 is 15.7 Å². The summed E-state index contributed by atoms with van der Waals surface area (Å²) in [4.78, 5) is 13.7. The van der Waals surface area contributed by atoms with Gasteiger partial charge in [0, 0.05) is 12.5 Å². The van der Waals surface area contributed by atoms with E-state index in [0.717, 1.165) is 18.4 Å². The van der Waals surface area contributed by atoms with Crippen molar-refractivity contribution in [2.24, 2.45) is 5.73 Å². The third-order valence-electron chi connectivity index (χ3n) is 3.66. The molecule has 1 atom stereocenters. The first-order valence-corrected chi connectivity index (χ1v) is 6.85. The van der Waals surface area contributed by atoms with Crippen LogP contribution in [0.2, 0.25) is 0 Å². The number of carbonyl (C=O) groups is 1. The molecule has 4 nitrogen and oxygen atoms in total. The minimum absolute atomic E-state index is 0.0251. The van der Waals surface area contributed by atoms with Crippen LogP contribution in [0.4, 0.5) is 0 Å². The molecule has 1 aliphatic heterocycles. The summed E-state index contributed by atoms with van der Waals surface area (Å²) in [5, 5.41) is 10.1. The number of β-amino-alcohol motifs (C(OH)–C–C–N with tert-alkyl or cyclic N) is 1. The Morgan fingerprint density at radius 3 is 2.63 bits per heavy atom. The Bertz CT molecular complexity index is 427. The van der Waals surface area contributed by atoms with Gasteiger partial charge in [-0.25, -0.2) is 0 Å². The van der Waals surface area contributed by atoms with Crippen LogP contribution in [-0.4, -0.2) is 34.6 Å². The van der Waals surface area contributed by atoms with Gasteiger partial charge in [-0.05, 0) is 12.0 Å². The van der Waals surface area contributed by atoms with Crippen LogP contribution in [0.5, 0.6) is 0 Å². The zero-order valence-corrected chi connectivity index (χ0v) is 11.4. The van der Waals surface area contributed by atoms with Gasteiger partial charge in [0.05, 0.1) is 18.7 Å². The van der Waals surface area contributed by atoms with Crippen molar-refractivity contribution < 1.29 is 9.90 Å². The van der Waals surface area contributed by atoms with E-state index in [-0.39, 0.29) is 11.9 Å². The zero-order chi connectivity index (χ0) is 13.9. The van der Waals surface area contributed by atoms with Crippen molar-refractivity contribution in [1.29, 1.82) is 0 Å². The highest BCUT2D eigenvalue weighted by Crippen LogP contribution is 2.27. The molecule has 4 heteroatoms. The number of nitrogens with zero attached hydrogens (tertiary/aromatic N) is 1. The average Bonchev–Trinajstić information content (AvgIpc) is 2.37. The number of nitrogens with two attached hydrogens (primary N) is 1. The molecule has 0 bridgehead atoms. The monoisotopic (exact) mass is 262 g/mol. The number of hydrogen-bond donors (Lipinski definition) is 2. The first kappa shape index (κ1) is 14.0. The second-order valence-electron chi connectivity index (χ2n) is 5.45. The summed E-state index contributed by atoms with van der Waals surface area (Å²) in [5.41, 5.74) is 6.34. The minimum Gasteiger partial charge on any atom is -0.386 e. The minimum atomic E-state index is -0.665. The van der Waals surface area contributed by atoms with E-state index in [4.69, 9.17) is 5.73 Å². The van der Waals surface area contributed by atoms with Crippen molar-refractivity contribution in [3.63, 3.8) is 0 Å². The summed E-state index contributed by atoms with van der Waals surface area (Å²) in [6.07, 6.45) is 1.98. The highest BCUT2D eigenvalue weighted by atomic mass is 16.3. The first-order chi connectivity index (χ1) is 9.04. The van der Waals surface area contributed by atoms with Gasteiger partial charge >= 0.3 is 0 Å². The van der Waals surface area contributed by atoms with Crippen LogP contribution in [0.25, 0.3) is 0 Å². The van der Waals surface area contributed by atoms with E-state index in [2.05, 4.69) is 0 Å². The van der Waals surface area contributed by atoms with Gasteiger partial charge in [-0.3, -0.25) is 4.79 Å². The van der Waals surface area contributed by atoms with Crippen LogP contribution in [0.1, 0.15) is 37.8 Å². The van der Waals surface area contributed by atoms with Crippen molar-refractivity contribution in [2.45, 2.75) is 37.8 Å². The Hall–Kier alpha value is -1.39. The van der Waals surface area contributed by atoms with E-state index in [1.54, 1.807) is 4.90 Å². The van der Waals surface area contributed by atoms with Gasteiger partial charge in [-0.15, -0.1) is 0 Å². The summed E-state index contributed by atoms with van der Waals surface area (Å²) in [6.45, 7) is 2.93. The van der Waals surface area contributed by atoms with Crippen LogP contribution in [0, 0.1) is 0 Å². The molecule has 1 fully saturated rings. The quantitative estimate of drug-likeness (QED) is 0.844. The van der Waals surface area contributed by atoms with Crippen molar-refractivity contribution in [3.05, 3.63) is 35.9 Å². The van der Waals surface area contributed by atoms with Crippen molar-refractivity contribution in [1.82, 2.24) is 4.90 Å². The number of benzene rings is 1. The largest absolute Gasteiger partial charge is 0.386 e. The summed E-state index contributed by atoms with van der Waals surface area (Å²) >= 11 is 0. The highest BCUT2D eigenvalue weighted by Gasteiger charge is 2.42. The van der Waals surface area contributed by atoms with E-state index in [9.17, 15) is 9.90 Å². The normalized spacial score (nSPS) is 18.8. The molecule has 1 heterocycles. The molecule has 0 aliphatic carbocycles. The Morgan fingerprint density at radius 2 is 2.05 bits per heavy atom. The van der Waals surface area contributed by atoms with E-state index in [1.807, 2.05) is 37.3 Å². The maximum absolute atomic E-state index is 12.0. The highest BCUT2D eigenvalue weighted by molar-refractivity contribution is 5.78. The predicted molar refractivity (Wildman–Crippen MR) is 74.4 cm³/mol. The molecule has 1 aliphatic rings. The smallest absolute Gasteiger partial charge is 0.224 e. The molecular weight excluding hydrogens is 240 g/mol. The average molecular weight is 262 g/mol. The van der Waals surface area contributed by atoms with E-state index < -0.39 is 5.60 Å². The van der Waals surface area contributed by atoms with Gasteiger partial charge in [-0.2, -0.15) is 0 Å². The number of carbonyl (C=O) groups excluding carboxylic acids is 1. The maximum atomic E-state index is 12.0. The van der Waals surface area contributed by atoms with Gasteiger partial charge in [0.1, 0.15) is 0 Å². The fourth-order valence-electron chi connectivity index (χ4n) is 2.60. The Kier molecular flexibility index (Phi) is 4.22. The van der Waals surface area contributed by atoms with Crippen molar-refractivity contribution in [3.8, 4) is 0 Å². The molecule has 0 saturated carbocycles. The molecule has 19 heavy (non-hydrogen) atoms. The molecule has 1 amide bonds. The van der Waals surface area contributed by atoms with E-state index >= 15 is 0 Å². The SMILES string of the molecule is CCCC1(O)CN(C(=O)CC(N)c2ccccc2)C1. The van der Waals surface area contributed by atoms with Crippen LogP contribution in [0.15, 0.2) is 30.3 Å². The van der Waals surface area contributed by atoms with Crippen LogP contribution < -0.4 is 5.73 Å². The zero-order valence-electron chi connectivity index (χ0n) is 11.4. The molecule has 0 aromatic heterocycles. The van der Waals surface area contributed by atoms with Crippen LogP contribution in [-0.2, 0) is 4.79 Å². The third kappa shape index (κ3) is 3.33. The van der Waals surface area contributed by atoms with Crippen LogP contribution >= 0.6 is 0 Å². The maximum Gasteiger partial charge on any atom is 0.224 e. The number of amides is 1. The summed E-state index contributed by atoms with van der Waals surface area (Å²) in [5.74, 6) is 0.0251. The molecule has 104 valence electrons. The molecule has 0 radical (unpaired) electrons. The van der Waals surface area contributed by atoms with Crippen molar-refractivity contribution >= 4 is 5.91 Å². The molecule has 0 spiro atoms. The van der Waals surface area contributed by atoms with Gasteiger partial charge in [0.15, 0.2) is 0 Å². The summed E-state index contributed by atoms with van der Waals surface area (Å²) in [6, 6.07) is 9.36. The molecule has 2 rings (SSSR count). The number of aliphatic hydroxyl groups is 1.